The molecule has 0 aromatic carbocycles. The normalized spacial score (nSPS) is 5.71. The highest BCUT2D eigenvalue weighted by Gasteiger charge is 1.63. The van der Waals surface area contributed by atoms with E-state index >= 15 is 0 Å². The summed E-state index contributed by atoms with van der Waals surface area (Å²) in [6.45, 7) is 0. The van der Waals surface area contributed by atoms with Crippen molar-refractivity contribution in [3.8, 4) is 0 Å². The monoisotopic (exact) mass is 626 g/mol. The number of hydrogen-bond acceptors (Lipinski definition) is 20. The van der Waals surface area contributed by atoms with Crippen molar-refractivity contribution < 1.29 is 65.7 Å². The Morgan fingerprint density at radius 1 is 0.119 bits per heavy atom. The number of nitrogens with zero attached hydrogens (tertiary/aromatic N) is 20. The average Bonchev–Trinajstić information content (AvgIpc) is 2.91. The minimum atomic E-state index is 0. The maximum Gasteiger partial charge on any atom is 0.160 e. The zero-order chi connectivity index (χ0) is 21.2. The van der Waals surface area contributed by atoms with Gasteiger partial charge in [0.25, 0.3) is 0 Å². The Morgan fingerprint density at radius 2 is 0.167 bits per heavy atom. The zero-order valence-corrected chi connectivity index (χ0v) is 20.7. The Morgan fingerprint density at radius 3 is 0.190 bits per heavy atom. The van der Waals surface area contributed by atoms with Gasteiger partial charge in [0.05, 0.1) is 0 Å². The SMILES string of the molecule is O.O.O.O.O.O.O.O.O.O.O.O.c1nncnn1.c1nncnn1.c1nncnn1.c1nncnn1.c1nncnn1. The molecule has 32 heteroatoms. The lowest BCUT2D eigenvalue weighted by molar-refractivity contribution is 0.823. The van der Waals surface area contributed by atoms with E-state index in [-0.39, 0.29) is 65.7 Å². The van der Waals surface area contributed by atoms with E-state index in [1.54, 1.807) is 0 Å². The quantitative estimate of drug-likeness (QED) is 0.154. The van der Waals surface area contributed by atoms with Gasteiger partial charge in [0.15, 0.2) is 63.3 Å². The molecule has 246 valence electrons. The van der Waals surface area contributed by atoms with Crippen molar-refractivity contribution in [2.45, 2.75) is 0 Å². The molecular formula is C10H34N20O12. The summed E-state index contributed by atoms with van der Waals surface area (Å²) < 4.78 is 0. The molecule has 0 radical (unpaired) electrons. The lowest BCUT2D eigenvalue weighted by Gasteiger charge is -1.68. The Kier molecular flexibility index (Phi) is 128. The van der Waals surface area contributed by atoms with E-state index in [4.69, 9.17) is 0 Å². The summed E-state index contributed by atoms with van der Waals surface area (Å²) in [6.07, 6.45) is 12.8. The van der Waals surface area contributed by atoms with Crippen LogP contribution in [0.3, 0.4) is 0 Å². The fraction of sp³-hybridized carbons (Fsp3) is 0. The molecule has 5 aromatic rings. The molecule has 0 spiro atoms. The first kappa shape index (κ1) is 76.6. The summed E-state index contributed by atoms with van der Waals surface area (Å²) in [5.41, 5.74) is 0. The van der Waals surface area contributed by atoms with Crippen molar-refractivity contribution in [1.82, 2.24) is 102 Å². The molecule has 0 saturated heterocycles. The second-order valence-corrected chi connectivity index (χ2v) is 3.46. The van der Waals surface area contributed by atoms with Crippen LogP contribution in [0.4, 0.5) is 0 Å². The van der Waals surface area contributed by atoms with E-state index in [1.807, 2.05) is 0 Å². The molecule has 0 fully saturated rings. The van der Waals surface area contributed by atoms with Crippen LogP contribution < -0.4 is 0 Å². The van der Waals surface area contributed by atoms with Crippen LogP contribution in [0.2, 0.25) is 0 Å². The summed E-state index contributed by atoms with van der Waals surface area (Å²) in [5, 5.41) is 67.2. The van der Waals surface area contributed by atoms with Crippen LogP contribution >= 0.6 is 0 Å². The third-order valence-electron chi connectivity index (χ3n) is 1.70. The van der Waals surface area contributed by atoms with Gasteiger partial charge in [-0.2, -0.15) is 0 Å². The van der Waals surface area contributed by atoms with Crippen molar-refractivity contribution in [3.05, 3.63) is 63.3 Å². The molecule has 0 aliphatic carbocycles. The van der Waals surface area contributed by atoms with Crippen LogP contribution in [0.1, 0.15) is 0 Å². The lowest BCUT2D eigenvalue weighted by atomic mass is 11.3. The van der Waals surface area contributed by atoms with Crippen molar-refractivity contribution in [3.63, 3.8) is 0 Å². The number of hydrogen-bond donors (Lipinski definition) is 0. The van der Waals surface area contributed by atoms with Crippen LogP contribution in [-0.2, 0) is 0 Å². The Labute approximate surface area is 232 Å². The third kappa shape index (κ3) is 64.4. The van der Waals surface area contributed by atoms with Gasteiger partial charge in [0.2, 0.25) is 0 Å². The maximum absolute atomic E-state index is 3.36. The summed E-state index contributed by atoms with van der Waals surface area (Å²) in [6, 6.07) is 0. The van der Waals surface area contributed by atoms with Gasteiger partial charge in [-0.05, 0) is 0 Å². The first-order valence-corrected chi connectivity index (χ1v) is 7.16. The van der Waals surface area contributed by atoms with Crippen molar-refractivity contribution in [1.29, 1.82) is 0 Å². The molecule has 42 heavy (non-hydrogen) atoms. The van der Waals surface area contributed by atoms with Gasteiger partial charge in [-0.1, -0.05) is 0 Å². The average molecular weight is 627 g/mol. The summed E-state index contributed by atoms with van der Waals surface area (Å²) in [5.74, 6) is 0. The van der Waals surface area contributed by atoms with Crippen LogP contribution in [0.15, 0.2) is 63.3 Å². The van der Waals surface area contributed by atoms with Crippen LogP contribution in [0, 0.1) is 0 Å². The molecule has 32 nitrogen and oxygen atoms in total. The minimum absolute atomic E-state index is 0. The van der Waals surface area contributed by atoms with Crippen LogP contribution in [0.5, 0.6) is 0 Å². The van der Waals surface area contributed by atoms with Gasteiger partial charge in [-0.3, -0.25) is 0 Å². The molecule has 0 amide bonds. The summed E-state index contributed by atoms with van der Waals surface area (Å²) >= 11 is 0. The molecule has 0 aliphatic heterocycles. The molecule has 24 N–H and O–H groups in total. The Balaban J connectivity index is -0.0000000250. The molecule has 5 rings (SSSR count). The Hall–Kier alpha value is -5.78. The number of rotatable bonds is 0. The van der Waals surface area contributed by atoms with E-state index in [1.165, 1.54) is 63.3 Å². The lowest BCUT2D eigenvalue weighted by Crippen LogP contribution is -1.81. The van der Waals surface area contributed by atoms with E-state index in [0.717, 1.165) is 0 Å². The molecule has 0 bridgehead atoms. The first-order chi connectivity index (χ1) is 15.0. The highest BCUT2D eigenvalue weighted by molar-refractivity contribution is 4.38. The summed E-state index contributed by atoms with van der Waals surface area (Å²) in [7, 11) is 0. The second kappa shape index (κ2) is 70.3. The van der Waals surface area contributed by atoms with Crippen molar-refractivity contribution >= 4 is 0 Å². The smallest absolute Gasteiger partial charge is 0.160 e. The molecule has 5 aromatic heterocycles. The minimum Gasteiger partial charge on any atom is -0.412 e. The molecule has 0 unspecified atom stereocenters. The highest BCUT2D eigenvalue weighted by Crippen LogP contribution is 1.52. The van der Waals surface area contributed by atoms with Gasteiger partial charge in [-0.25, -0.2) is 0 Å². The Bertz CT molecular complexity index is 606. The molecule has 0 saturated carbocycles. The molecular weight excluding hydrogens is 592 g/mol. The maximum atomic E-state index is 3.36. The van der Waals surface area contributed by atoms with Gasteiger partial charge in [0, 0.05) is 0 Å². The van der Waals surface area contributed by atoms with E-state index < -0.39 is 0 Å². The molecule has 0 aliphatic rings. The zero-order valence-electron chi connectivity index (χ0n) is 20.7. The summed E-state index contributed by atoms with van der Waals surface area (Å²) in [4.78, 5) is 0. The van der Waals surface area contributed by atoms with Gasteiger partial charge < -0.3 is 65.7 Å². The number of aromatic nitrogens is 20. The predicted molar refractivity (Wildman–Crippen MR) is 131 cm³/mol. The first-order valence-electron chi connectivity index (χ1n) is 7.16. The van der Waals surface area contributed by atoms with Gasteiger partial charge >= 0.3 is 0 Å². The second-order valence-electron chi connectivity index (χ2n) is 3.46. The van der Waals surface area contributed by atoms with E-state index in [9.17, 15) is 0 Å². The molecule has 5 heterocycles. The topological polar surface area (TPSA) is 636 Å². The van der Waals surface area contributed by atoms with Crippen LogP contribution in [-0.4, -0.2) is 168 Å². The molecule has 0 atom stereocenters. The predicted octanol–water partition coefficient (Wildman–Crippen LogP) is -13.6. The largest absolute Gasteiger partial charge is 0.412 e. The van der Waals surface area contributed by atoms with E-state index in [0.29, 0.717) is 0 Å². The van der Waals surface area contributed by atoms with Crippen LogP contribution in [0.25, 0.3) is 0 Å². The van der Waals surface area contributed by atoms with Gasteiger partial charge in [-0.15, -0.1) is 102 Å². The van der Waals surface area contributed by atoms with Crippen molar-refractivity contribution in [2.75, 3.05) is 0 Å². The fourth-order valence-corrected chi connectivity index (χ4v) is 0.827. The van der Waals surface area contributed by atoms with E-state index in [2.05, 4.69) is 102 Å². The standard InChI is InChI=1S/5C2H2N4.12H2O/c5*1-3-5-2-6-4-1;;;;;;;;;;;;/h5*1-2H;12*1H2. The fourth-order valence-electron chi connectivity index (χ4n) is 0.827. The highest BCUT2D eigenvalue weighted by atomic mass is 16.0. The van der Waals surface area contributed by atoms with Crippen molar-refractivity contribution in [2.24, 2.45) is 0 Å². The van der Waals surface area contributed by atoms with Gasteiger partial charge in [0.1, 0.15) is 0 Å². The third-order valence-corrected chi connectivity index (χ3v) is 1.70.